The fraction of sp³-hybridized carbons (Fsp3) is 1.00. The highest BCUT2D eigenvalue weighted by Crippen LogP contribution is 2.23. The Labute approximate surface area is 136 Å². The van der Waals surface area contributed by atoms with E-state index in [4.69, 9.17) is 0 Å². The Kier molecular flexibility index (Phi) is 17.4. The number of rotatable bonds is 15. The van der Waals surface area contributed by atoms with Crippen LogP contribution in [-0.2, 0) is 0 Å². The van der Waals surface area contributed by atoms with Gasteiger partial charge < -0.3 is 0 Å². The van der Waals surface area contributed by atoms with Crippen molar-refractivity contribution in [3.8, 4) is 0 Å². The van der Waals surface area contributed by atoms with Gasteiger partial charge in [-0.1, -0.05) is 113 Å². The molecule has 0 aromatic carbocycles. The Morgan fingerprint density at radius 3 is 1.58 bits per heavy atom. The van der Waals surface area contributed by atoms with Gasteiger partial charge in [0.1, 0.15) is 0 Å². The SMILES string of the molecule is CCCCCCCCCC(CCCI)CCCCC. The van der Waals surface area contributed by atoms with E-state index in [2.05, 4.69) is 36.4 Å². The molecule has 0 aromatic heterocycles. The standard InChI is InChI=1S/C18H37I/c1-3-5-7-8-9-10-12-15-18(16-13-17-19)14-11-6-4-2/h18H,3-17H2,1-2H3. The summed E-state index contributed by atoms with van der Waals surface area (Å²) in [7, 11) is 0. The summed E-state index contributed by atoms with van der Waals surface area (Å²) in [6.45, 7) is 4.62. The molecular formula is C18H37I. The zero-order valence-electron chi connectivity index (χ0n) is 13.6. The number of alkyl halides is 1. The molecule has 0 amide bonds. The van der Waals surface area contributed by atoms with E-state index < -0.39 is 0 Å². The third-order valence-electron chi connectivity index (χ3n) is 4.18. The first-order chi connectivity index (χ1) is 9.35. The molecule has 19 heavy (non-hydrogen) atoms. The fourth-order valence-electron chi connectivity index (χ4n) is 2.87. The molecule has 0 N–H and O–H groups in total. The molecule has 0 aliphatic rings. The van der Waals surface area contributed by atoms with E-state index in [0.29, 0.717) is 0 Å². The molecule has 116 valence electrons. The monoisotopic (exact) mass is 380 g/mol. The second-order valence-corrected chi connectivity index (χ2v) is 7.18. The van der Waals surface area contributed by atoms with Crippen molar-refractivity contribution < 1.29 is 0 Å². The first-order valence-corrected chi connectivity index (χ1v) is 10.4. The van der Waals surface area contributed by atoms with E-state index in [9.17, 15) is 0 Å². The largest absolute Gasteiger partial charge is 0.0864 e. The van der Waals surface area contributed by atoms with Crippen LogP contribution in [-0.4, -0.2) is 4.43 Å². The van der Waals surface area contributed by atoms with Crippen molar-refractivity contribution in [3.63, 3.8) is 0 Å². The van der Waals surface area contributed by atoms with Crippen LogP contribution >= 0.6 is 22.6 Å². The van der Waals surface area contributed by atoms with Crippen molar-refractivity contribution in [2.24, 2.45) is 5.92 Å². The summed E-state index contributed by atoms with van der Waals surface area (Å²) in [5, 5.41) is 0. The number of hydrogen-bond acceptors (Lipinski definition) is 0. The lowest BCUT2D eigenvalue weighted by atomic mass is 9.91. The summed E-state index contributed by atoms with van der Waals surface area (Å²) in [4.78, 5) is 0. The Morgan fingerprint density at radius 1 is 0.579 bits per heavy atom. The van der Waals surface area contributed by atoms with E-state index in [1.54, 1.807) is 0 Å². The van der Waals surface area contributed by atoms with Gasteiger partial charge in [-0.25, -0.2) is 0 Å². The molecule has 0 radical (unpaired) electrons. The Balaban J connectivity index is 3.49. The van der Waals surface area contributed by atoms with E-state index >= 15 is 0 Å². The minimum atomic E-state index is 1.04. The second kappa shape index (κ2) is 16.8. The zero-order chi connectivity index (χ0) is 14.2. The van der Waals surface area contributed by atoms with Gasteiger partial charge in [-0.3, -0.25) is 0 Å². The zero-order valence-corrected chi connectivity index (χ0v) is 15.7. The lowest BCUT2D eigenvalue weighted by Gasteiger charge is -2.16. The normalized spacial score (nSPS) is 12.8. The average molecular weight is 380 g/mol. The fourth-order valence-corrected chi connectivity index (χ4v) is 3.31. The summed E-state index contributed by atoms with van der Waals surface area (Å²) in [5.74, 6) is 1.04. The van der Waals surface area contributed by atoms with Crippen LogP contribution in [0, 0.1) is 5.92 Å². The molecule has 0 rings (SSSR count). The van der Waals surface area contributed by atoms with Crippen molar-refractivity contribution in [2.45, 2.75) is 104 Å². The van der Waals surface area contributed by atoms with Gasteiger partial charge in [-0.05, 0) is 23.2 Å². The first-order valence-electron chi connectivity index (χ1n) is 8.91. The van der Waals surface area contributed by atoms with Crippen LogP contribution in [0.3, 0.4) is 0 Å². The quantitative estimate of drug-likeness (QED) is 0.156. The van der Waals surface area contributed by atoms with E-state index in [-0.39, 0.29) is 0 Å². The summed E-state index contributed by atoms with van der Waals surface area (Å²) >= 11 is 2.53. The maximum Gasteiger partial charge on any atom is -0.000463 e. The third kappa shape index (κ3) is 14.9. The molecule has 0 aliphatic carbocycles. The van der Waals surface area contributed by atoms with Gasteiger partial charge in [0, 0.05) is 0 Å². The van der Waals surface area contributed by atoms with Crippen LogP contribution in [0.2, 0.25) is 0 Å². The summed E-state index contributed by atoms with van der Waals surface area (Å²) in [5.41, 5.74) is 0. The molecule has 0 heterocycles. The van der Waals surface area contributed by atoms with Crippen LogP contribution < -0.4 is 0 Å². The minimum absolute atomic E-state index is 1.04. The molecule has 0 aliphatic heterocycles. The van der Waals surface area contributed by atoms with Crippen LogP contribution in [0.1, 0.15) is 104 Å². The topological polar surface area (TPSA) is 0 Å². The molecule has 1 heteroatoms. The van der Waals surface area contributed by atoms with Crippen LogP contribution in [0.25, 0.3) is 0 Å². The van der Waals surface area contributed by atoms with Gasteiger partial charge in [0.05, 0.1) is 0 Å². The summed E-state index contributed by atoms with van der Waals surface area (Å²) in [6.07, 6.45) is 20.4. The first kappa shape index (κ1) is 19.7. The van der Waals surface area contributed by atoms with Gasteiger partial charge in [0.25, 0.3) is 0 Å². The highest BCUT2D eigenvalue weighted by molar-refractivity contribution is 14.1. The number of unbranched alkanes of at least 4 members (excludes halogenated alkanes) is 8. The average Bonchev–Trinajstić information content (AvgIpc) is 2.43. The smallest absolute Gasteiger partial charge is 0.000463 e. The van der Waals surface area contributed by atoms with E-state index in [0.717, 1.165) is 5.92 Å². The highest BCUT2D eigenvalue weighted by atomic mass is 127. The van der Waals surface area contributed by atoms with Gasteiger partial charge in [0.2, 0.25) is 0 Å². The molecule has 0 bridgehead atoms. The predicted molar refractivity (Wildman–Crippen MR) is 98.4 cm³/mol. The van der Waals surface area contributed by atoms with Crippen LogP contribution in [0.5, 0.6) is 0 Å². The Bertz CT molecular complexity index is 156. The van der Waals surface area contributed by atoms with Crippen LogP contribution in [0.4, 0.5) is 0 Å². The predicted octanol–water partition coefficient (Wildman–Crippen LogP) is 7.54. The molecular weight excluding hydrogens is 343 g/mol. The Morgan fingerprint density at radius 2 is 1.00 bits per heavy atom. The van der Waals surface area contributed by atoms with Crippen molar-refractivity contribution in [1.82, 2.24) is 0 Å². The summed E-state index contributed by atoms with van der Waals surface area (Å²) in [6, 6.07) is 0. The maximum absolute atomic E-state index is 2.53. The molecule has 0 spiro atoms. The van der Waals surface area contributed by atoms with Gasteiger partial charge in [-0.2, -0.15) is 0 Å². The molecule has 1 atom stereocenters. The van der Waals surface area contributed by atoms with E-state index in [1.165, 1.54) is 94.3 Å². The lowest BCUT2D eigenvalue weighted by molar-refractivity contribution is 0.381. The number of halogens is 1. The van der Waals surface area contributed by atoms with E-state index in [1.807, 2.05) is 0 Å². The molecule has 0 nitrogen and oxygen atoms in total. The van der Waals surface area contributed by atoms with Crippen LogP contribution in [0.15, 0.2) is 0 Å². The van der Waals surface area contributed by atoms with Crippen molar-refractivity contribution >= 4 is 22.6 Å². The van der Waals surface area contributed by atoms with Crippen molar-refractivity contribution in [3.05, 3.63) is 0 Å². The van der Waals surface area contributed by atoms with Gasteiger partial charge in [-0.15, -0.1) is 0 Å². The highest BCUT2D eigenvalue weighted by Gasteiger charge is 2.07. The van der Waals surface area contributed by atoms with Gasteiger partial charge in [0.15, 0.2) is 0 Å². The molecule has 1 unspecified atom stereocenters. The molecule has 0 saturated heterocycles. The third-order valence-corrected chi connectivity index (χ3v) is 4.94. The maximum atomic E-state index is 2.53. The van der Waals surface area contributed by atoms with Gasteiger partial charge >= 0.3 is 0 Å². The Hall–Kier alpha value is 0.730. The summed E-state index contributed by atoms with van der Waals surface area (Å²) < 4.78 is 1.35. The number of hydrogen-bond donors (Lipinski definition) is 0. The molecule has 0 saturated carbocycles. The van der Waals surface area contributed by atoms with Crippen molar-refractivity contribution in [2.75, 3.05) is 4.43 Å². The molecule has 0 aromatic rings. The second-order valence-electron chi connectivity index (χ2n) is 6.10. The molecule has 0 fully saturated rings. The lowest BCUT2D eigenvalue weighted by Crippen LogP contribution is -2.01. The van der Waals surface area contributed by atoms with Crippen molar-refractivity contribution in [1.29, 1.82) is 0 Å². The minimum Gasteiger partial charge on any atom is -0.0864 e.